The minimum absolute atomic E-state index is 0.0599. The van der Waals surface area contributed by atoms with Crippen LogP contribution in [0.5, 0.6) is 5.75 Å². The molecule has 2 N–H and O–H groups in total. The maximum absolute atomic E-state index is 11.8. The lowest BCUT2D eigenvalue weighted by atomic mass is 9.97. The van der Waals surface area contributed by atoms with Crippen LogP contribution in [0.15, 0.2) is 18.2 Å². The number of hydrogen-bond donors (Lipinski definition) is 2. The minimum atomic E-state index is -0.977. The number of aliphatic hydroxyl groups is 1. The smallest absolute Gasteiger partial charge is 0.258 e. The molecule has 1 saturated heterocycles. The molecule has 5 nitrogen and oxygen atoms in total. The monoisotopic (exact) mass is 293 g/mol. The molecule has 1 amide bonds. The normalized spacial score (nSPS) is 24.9. The summed E-state index contributed by atoms with van der Waals surface area (Å²) in [6.07, 6.45) is 0.268. The second-order valence-corrected chi connectivity index (χ2v) is 5.63. The fraction of sp³-hybridized carbons (Fsp3) is 0.562. The van der Waals surface area contributed by atoms with Crippen LogP contribution >= 0.6 is 0 Å². The lowest BCUT2D eigenvalue weighted by molar-refractivity contribution is -0.124. The van der Waals surface area contributed by atoms with Gasteiger partial charge in [-0.3, -0.25) is 4.79 Å². The highest BCUT2D eigenvalue weighted by atomic mass is 16.5. The van der Waals surface area contributed by atoms with Crippen molar-refractivity contribution in [3.05, 3.63) is 29.3 Å². The topological polar surface area (TPSA) is 67.8 Å². The summed E-state index contributed by atoms with van der Waals surface area (Å²) in [6, 6.07) is 5.74. The van der Waals surface area contributed by atoms with Gasteiger partial charge in [0.1, 0.15) is 11.4 Å². The number of carbonyl (C=O) groups excluding carboxylic acids is 1. The summed E-state index contributed by atoms with van der Waals surface area (Å²) in [4.78, 5) is 11.8. The van der Waals surface area contributed by atoms with E-state index in [0.29, 0.717) is 18.8 Å². The van der Waals surface area contributed by atoms with Gasteiger partial charge in [-0.1, -0.05) is 12.1 Å². The second-order valence-electron chi connectivity index (χ2n) is 5.63. The molecule has 21 heavy (non-hydrogen) atoms. The van der Waals surface area contributed by atoms with Crippen LogP contribution in [-0.4, -0.2) is 42.5 Å². The van der Waals surface area contributed by atoms with Gasteiger partial charge in [-0.15, -0.1) is 0 Å². The average molecular weight is 293 g/mol. The summed E-state index contributed by atoms with van der Waals surface area (Å²) >= 11 is 0. The van der Waals surface area contributed by atoms with Gasteiger partial charge >= 0.3 is 0 Å². The quantitative estimate of drug-likeness (QED) is 0.859. The average Bonchev–Trinajstić information content (AvgIpc) is 2.78. The Morgan fingerprint density at radius 3 is 2.95 bits per heavy atom. The van der Waals surface area contributed by atoms with Crippen molar-refractivity contribution in [2.75, 3.05) is 19.8 Å². The SMILES string of the molecule is Cc1cccc(OCC(=O)NCC2(O)CCOC2C)c1C. The lowest BCUT2D eigenvalue weighted by Crippen LogP contribution is -2.48. The zero-order valence-corrected chi connectivity index (χ0v) is 12.8. The third-order valence-electron chi connectivity index (χ3n) is 4.16. The molecular formula is C16H23NO4. The Kier molecular flexibility index (Phi) is 4.85. The minimum Gasteiger partial charge on any atom is -0.483 e. The number of amides is 1. The molecule has 116 valence electrons. The van der Waals surface area contributed by atoms with Crippen LogP contribution in [0, 0.1) is 13.8 Å². The maximum Gasteiger partial charge on any atom is 0.258 e. The molecular weight excluding hydrogens is 270 g/mol. The Morgan fingerprint density at radius 2 is 2.29 bits per heavy atom. The first-order chi connectivity index (χ1) is 9.92. The van der Waals surface area contributed by atoms with Gasteiger partial charge in [0.05, 0.1) is 6.10 Å². The molecule has 1 aliphatic rings. The molecule has 1 aliphatic heterocycles. The van der Waals surface area contributed by atoms with Crippen LogP contribution in [0.2, 0.25) is 0 Å². The van der Waals surface area contributed by atoms with Gasteiger partial charge in [0.2, 0.25) is 0 Å². The van der Waals surface area contributed by atoms with Gasteiger partial charge in [0.25, 0.3) is 5.91 Å². The largest absolute Gasteiger partial charge is 0.483 e. The van der Waals surface area contributed by atoms with Crippen molar-refractivity contribution >= 4 is 5.91 Å². The summed E-state index contributed by atoms with van der Waals surface area (Å²) in [5.74, 6) is 0.463. The number of aryl methyl sites for hydroxylation is 1. The van der Waals surface area contributed by atoms with Gasteiger partial charge in [0.15, 0.2) is 6.61 Å². The molecule has 2 atom stereocenters. The fourth-order valence-electron chi connectivity index (χ4n) is 2.33. The Hall–Kier alpha value is -1.59. The van der Waals surface area contributed by atoms with E-state index in [1.54, 1.807) is 0 Å². The molecule has 0 radical (unpaired) electrons. The third-order valence-corrected chi connectivity index (χ3v) is 4.16. The van der Waals surface area contributed by atoms with Crippen LogP contribution in [0.3, 0.4) is 0 Å². The van der Waals surface area contributed by atoms with Gasteiger partial charge in [-0.05, 0) is 38.0 Å². The van der Waals surface area contributed by atoms with Crippen LogP contribution in [0.1, 0.15) is 24.5 Å². The third kappa shape index (κ3) is 3.74. The van der Waals surface area contributed by atoms with Crippen LogP contribution in [0.4, 0.5) is 0 Å². The van der Waals surface area contributed by atoms with E-state index in [-0.39, 0.29) is 25.2 Å². The first kappa shape index (κ1) is 15.8. The van der Waals surface area contributed by atoms with Gasteiger partial charge in [-0.25, -0.2) is 0 Å². The zero-order valence-electron chi connectivity index (χ0n) is 12.8. The van der Waals surface area contributed by atoms with E-state index in [2.05, 4.69) is 5.32 Å². The highest BCUT2D eigenvalue weighted by Gasteiger charge is 2.39. The van der Waals surface area contributed by atoms with Crippen molar-refractivity contribution in [1.82, 2.24) is 5.32 Å². The summed E-state index contributed by atoms with van der Waals surface area (Å²) in [5, 5.41) is 13.0. The maximum atomic E-state index is 11.8. The van der Waals surface area contributed by atoms with Crippen molar-refractivity contribution in [2.45, 2.75) is 38.9 Å². The van der Waals surface area contributed by atoms with Gasteiger partial charge in [-0.2, -0.15) is 0 Å². The molecule has 1 aromatic rings. The first-order valence-corrected chi connectivity index (χ1v) is 7.22. The van der Waals surface area contributed by atoms with E-state index >= 15 is 0 Å². The van der Waals surface area contributed by atoms with Gasteiger partial charge < -0.3 is 19.9 Å². The Balaban J connectivity index is 1.81. The van der Waals surface area contributed by atoms with Crippen LogP contribution < -0.4 is 10.1 Å². The summed E-state index contributed by atoms with van der Waals surface area (Å²) < 4.78 is 10.9. The molecule has 2 unspecified atom stereocenters. The predicted molar refractivity (Wildman–Crippen MR) is 79.4 cm³/mol. The summed E-state index contributed by atoms with van der Waals surface area (Å²) in [7, 11) is 0. The first-order valence-electron chi connectivity index (χ1n) is 7.22. The number of ether oxygens (including phenoxy) is 2. The van der Waals surface area contributed by atoms with Crippen LogP contribution in [0.25, 0.3) is 0 Å². The van der Waals surface area contributed by atoms with E-state index in [4.69, 9.17) is 9.47 Å². The van der Waals surface area contributed by atoms with E-state index in [1.807, 2.05) is 39.0 Å². The molecule has 1 aromatic carbocycles. The highest BCUT2D eigenvalue weighted by Crippen LogP contribution is 2.24. The number of hydrogen-bond acceptors (Lipinski definition) is 4. The summed E-state index contributed by atoms with van der Waals surface area (Å²) in [5.41, 5.74) is 1.18. The van der Waals surface area contributed by atoms with E-state index in [9.17, 15) is 9.90 Å². The van der Waals surface area contributed by atoms with E-state index < -0.39 is 5.60 Å². The Bertz CT molecular complexity index is 517. The van der Waals surface area contributed by atoms with Crippen molar-refractivity contribution in [1.29, 1.82) is 0 Å². The number of benzene rings is 1. The number of nitrogens with one attached hydrogen (secondary N) is 1. The second kappa shape index (κ2) is 6.45. The summed E-state index contributed by atoms with van der Waals surface area (Å²) in [6.45, 7) is 6.42. The molecule has 0 aromatic heterocycles. The van der Waals surface area contributed by atoms with Crippen molar-refractivity contribution in [3.63, 3.8) is 0 Å². The van der Waals surface area contributed by atoms with Crippen LogP contribution in [-0.2, 0) is 9.53 Å². The predicted octanol–water partition coefficient (Wildman–Crippen LogP) is 1.34. The van der Waals surface area contributed by atoms with Crippen molar-refractivity contribution < 1.29 is 19.4 Å². The number of rotatable bonds is 5. The van der Waals surface area contributed by atoms with E-state index in [1.165, 1.54) is 0 Å². The Labute approximate surface area is 125 Å². The molecule has 2 rings (SSSR count). The van der Waals surface area contributed by atoms with Crippen molar-refractivity contribution in [2.24, 2.45) is 0 Å². The molecule has 1 fully saturated rings. The van der Waals surface area contributed by atoms with E-state index in [0.717, 1.165) is 11.1 Å². The fourth-order valence-corrected chi connectivity index (χ4v) is 2.33. The molecule has 0 aliphatic carbocycles. The molecule has 0 bridgehead atoms. The molecule has 0 spiro atoms. The Morgan fingerprint density at radius 1 is 1.52 bits per heavy atom. The molecule has 1 heterocycles. The zero-order chi connectivity index (χ0) is 15.5. The van der Waals surface area contributed by atoms with Crippen molar-refractivity contribution in [3.8, 4) is 5.75 Å². The standard InChI is InChI=1S/C16H23NO4/c1-11-5-4-6-14(12(11)2)21-9-15(18)17-10-16(19)7-8-20-13(16)3/h4-6,13,19H,7-10H2,1-3H3,(H,17,18). The molecule has 5 heteroatoms. The lowest BCUT2D eigenvalue weighted by Gasteiger charge is -2.26. The highest BCUT2D eigenvalue weighted by molar-refractivity contribution is 5.77. The number of carbonyl (C=O) groups is 1. The molecule has 0 saturated carbocycles. The van der Waals surface area contributed by atoms with Gasteiger partial charge in [0, 0.05) is 19.6 Å².